The molecule has 0 spiro atoms. The van der Waals surface area contributed by atoms with Crippen LogP contribution in [0.25, 0.3) is 0 Å². The Morgan fingerprint density at radius 3 is 2.72 bits per heavy atom. The number of hydrogen-bond donors (Lipinski definition) is 1. The molecule has 5 heteroatoms. The molecule has 1 saturated carbocycles. The van der Waals surface area contributed by atoms with Gasteiger partial charge >= 0.3 is 5.97 Å². The van der Waals surface area contributed by atoms with Gasteiger partial charge in [-0.3, -0.25) is 9.79 Å². The Morgan fingerprint density at radius 2 is 2.22 bits per heavy atom. The van der Waals surface area contributed by atoms with Crippen molar-refractivity contribution in [3.05, 3.63) is 23.3 Å². The van der Waals surface area contributed by atoms with Crippen LogP contribution in [-0.2, 0) is 9.53 Å². The van der Waals surface area contributed by atoms with E-state index in [1.54, 1.807) is 13.0 Å². The zero-order chi connectivity index (χ0) is 13.7. The van der Waals surface area contributed by atoms with Crippen molar-refractivity contribution < 1.29 is 13.9 Å². The van der Waals surface area contributed by atoms with Crippen molar-refractivity contribution in [2.45, 2.75) is 27.2 Å². The van der Waals surface area contributed by atoms with Gasteiger partial charge in [0.15, 0.2) is 5.83 Å². The normalized spacial score (nSPS) is 25.0. The Balaban J connectivity index is 2.62. The summed E-state index contributed by atoms with van der Waals surface area (Å²) in [7, 11) is 0. The molecule has 0 saturated heterocycles. The minimum atomic E-state index is -0.553. The van der Waals surface area contributed by atoms with Gasteiger partial charge in [-0.15, -0.1) is 0 Å². The summed E-state index contributed by atoms with van der Waals surface area (Å²) in [6.07, 6.45) is 3.58. The number of halogens is 1. The topological polar surface area (TPSA) is 64.7 Å². The van der Waals surface area contributed by atoms with E-state index in [4.69, 9.17) is 10.5 Å². The molecule has 1 rings (SSSR count). The summed E-state index contributed by atoms with van der Waals surface area (Å²) < 4.78 is 18.1. The van der Waals surface area contributed by atoms with E-state index in [2.05, 4.69) is 4.99 Å². The number of nitrogens with two attached hydrogens (primary N) is 1. The Morgan fingerprint density at radius 1 is 1.56 bits per heavy atom. The van der Waals surface area contributed by atoms with Gasteiger partial charge in [0.05, 0.1) is 18.7 Å². The van der Waals surface area contributed by atoms with Gasteiger partial charge < -0.3 is 10.5 Å². The second-order valence-corrected chi connectivity index (χ2v) is 4.20. The van der Waals surface area contributed by atoms with Gasteiger partial charge in [0.25, 0.3) is 0 Å². The van der Waals surface area contributed by atoms with Crippen LogP contribution in [0.1, 0.15) is 27.2 Å². The maximum atomic E-state index is 13.2. The highest BCUT2D eigenvalue weighted by molar-refractivity contribution is 5.79. The van der Waals surface area contributed by atoms with E-state index in [1.807, 2.05) is 6.92 Å². The number of allylic oxidation sites excluding steroid dienone is 4. The molecule has 1 fully saturated rings. The van der Waals surface area contributed by atoms with E-state index in [1.165, 1.54) is 6.92 Å². The Bertz CT molecular complexity index is 409. The fraction of sp³-hybridized carbons (Fsp3) is 0.538. The number of carbonyl (C=O) groups excluding carboxylic acids is 1. The SMILES string of the molecule is C/C=C(/N=C/C(F)=C(/C)N)[C@H]1C[C@@H]1C(=O)OCC. The number of carbonyl (C=O) groups is 1. The summed E-state index contributed by atoms with van der Waals surface area (Å²) in [6.45, 7) is 5.42. The van der Waals surface area contributed by atoms with Crippen LogP contribution < -0.4 is 5.73 Å². The molecule has 0 unspecified atom stereocenters. The third-order valence-corrected chi connectivity index (χ3v) is 2.76. The molecule has 0 amide bonds. The molecule has 0 aromatic carbocycles. The molecule has 0 heterocycles. The molecule has 0 aromatic rings. The third-order valence-electron chi connectivity index (χ3n) is 2.76. The van der Waals surface area contributed by atoms with E-state index < -0.39 is 5.83 Å². The molecule has 0 bridgehead atoms. The molecule has 2 atom stereocenters. The monoisotopic (exact) mass is 254 g/mol. The van der Waals surface area contributed by atoms with Crippen molar-refractivity contribution in [3.8, 4) is 0 Å². The Kier molecular flexibility index (Phi) is 5.07. The summed E-state index contributed by atoms with van der Waals surface area (Å²) in [5, 5.41) is 0. The van der Waals surface area contributed by atoms with Gasteiger partial charge in [0.2, 0.25) is 0 Å². The number of esters is 1. The van der Waals surface area contributed by atoms with Crippen LogP contribution in [0.15, 0.2) is 28.3 Å². The lowest BCUT2D eigenvalue weighted by Gasteiger charge is -2.01. The summed E-state index contributed by atoms with van der Waals surface area (Å²) in [6, 6.07) is 0. The molecule has 4 nitrogen and oxygen atoms in total. The predicted octanol–water partition coefficient (Wildman–Crippen LogP) is 2.32. The first-order valence-corrected chi connectivity index (χ1v) is 6.00. The molecule has 2 N–H and O–H groups in total. The zero-order valence-electron chi connectivity index (χ0n) is 10.9. The summed E-state index contributed by atoms with van der Waals surface area (Å²) in [5.41, 5.74) is 6.08. The quantitative estimate of drug-likeness (QED) is 0.605. The average molecular weight is 254 g/mol. The van der Waals surface area contributed by atoms with Gasteiger partial charge in [0.1, 0.15) is 0 Å². The number of nitrogens with zero attached hydrogens (tertiary/aromatic N) is 1. The molecule has 0 aromatic heterocycles. The van der Waals surface area contributed by atoms with Crippen LogP contribution in [0.2, 0.25) is 0 Å². The second-order valence-electron chi connectivity index (χ2n) is 4.20. The molecule has 100 valence electrons. The van der Waals surface area contributed by atoms with Gasteiger partial charge in [0, 0.05) is 17.3 Å². The van der Waals surface area contributed by atoms with Gasteiger partial charge in [-0.1, -0.05) is 6.08 Å². The average Bonchev–Trinajstić information content (AvgIpc) is 3.10. The minimum Gasteiger partial charge on any atom is -0.466 e. The first kappa shape index (κ1) is 14.4. The lowest BCUT2D eigenvalue weighted by Crippen LogP contribution is -2.08. The molecule has 0 aliphatic heterocycles. The molecular weight excluding hydrogens is 235 g/mol. The fourth-order valence-electron chi connectivity index (χ4n) is 1.65. The smallest absolute Gasteiger partial charge is 0.309 e. The number of ether oxygens (including phenoxy) is 1. The lowest BCUT2D eigenvalue weighted by molar-refractivity contribution is -0.144. The molecular formula is C13H19FN2O2. The molecule has 1 aliphatic carbocycles. The van der Waals surface area contributed by atoms with Crippen molar-refractivity contribution >= 4 is 12.2 Å². The first-order chi connectivity index (χ1) is 8.51. The van der Waals surface area contributed by atoms with Crippen LogP contribution in [0.5, 0.6) is 0 Å². The highest BCUT2D eigenvalue weighted by atomic mass is 19.1. The highest BCUT2D eigenvalue weighted by Crippen LogP contribution is 2.45. The van der Waals surface area contributed by atoms with E-state index in [0.29, 0.717) is 18.7 Å². The highest BCUT2D eigenvalue weighted by Gasteiger charge is 2.46. The van der Waals surface area contributed by atoms with E-state index in [-0.39, 0.29) is 23.5 Å². The Hall–Kier alpha value is -1.65. The molecule has 18 heavy (non-hydrogen) atoms. The molecule has 0 radical (unpaired) electrons. The fourth-order valence-corrected chi connectivity index (χ4v) is 1.65. The van der Waals surface area contributed by atoms with Crippen LogP contribution in [-0.4, -0.2) is 18.8 Å². The van der Waals surface area contributed by atoms with Crippen LogP contribution in [0.4, 0.5) is 4.39 Å². The van der Waals surface area contributed by atoms with Gasteiger partial charge in [-0.2, -0.15) is 0 Å². The van der Waals surface area contributed by atoms with Gasteiger partial charge in [-0.05, 0) is 27.2 Å². The van der Waals surface area contributed by atoms with E-state index in [9.17, 15) is 9.18 Å². The standard InChI is InChI=1S/C13H19FN2O2/c1-4-12(16-7-11(14)8(3)15)9-6-10(9)13(17)18-5-2/h4,7,9-10H,5-6,15H2,1-3H3/b11-8+,12-4+,16-7+/t9-,10-/m0/s1. The third kappa shape index (κ3) is 3.68. The van der Waals surface area contributed by atoms with Crippen molar-refractivity contribution in [2.24, 2.45) is 22.6 Å². The maximum absolute atomic E-state index is 13.2. The van der Waals surface area contributed by atoms with Crippen molar-refractivity contribution in [3.63, 3.8) is 0 Å². The number of rotatable bonds is 5. The maximum Gasteiger partial charge on any atom is 0.309 e. The summed E-state index contributed by atoms with van der Waals surface area (Å²) in [5.74, 6) is -0.860. The van der Waals surface area contributed by atoms with Crippen molar-refractivity contribution in [1.29, 1.82) is 0 Å². The first-order valence-electron chi connectivity index (χ1n) is 6.00. The minimum absolute atomic E-state index is 0.0381. The lowest BCUT2D eigenvalue weighted by atomic mass is 10.2. The van der Waals surface area contributed by atoms with Crippen LogP contribution in [0.3, 0.4) is 0 Å². The van der Waals surface area contributed by atoms with Gasteiger partial charge in [-0.25, -0.2) is 4.39 Å². The Labute approximate surface area is 106 Å². The summed E-state index contributed by atoms with van der Waals surface area (Å²) >= 11 is 0. The molecule has 1 aliphatic rings. The van der Waals surface area contributed by atoms with Crippen molar-refractivity contribution in [1.82, 2.24) is 0 Å². The van der Waals surface area contributed by atoms with Crippen LogP contribution in [0, 0.1) is 11.8 Å². The predicted molar refractivity (Wildman–Crippen MR) is 68.5 cm³/mol. The number of hydrogen-bond acceptors (Lipinski definition) is 4. The largest absolute Gasteiger partial charge is 0.466 e. The second kappa shape index (κ2) is 6.33. The summed E-state index contributed by atoms with van der Waals surface area (Å²) in [4.78, 5) is 15.5. The van der Waals surface area contributed by atoms with Crippen molar-refractivity contribution in [2.75, 3.05) is 6.61 Å². The van der Waals surface area contributed by atoms with Crippen LogP contribution >= 0.6 is 0 Å². The number of aliphatic imine (C=N–C) groups is 1. The van der Waals surface area contributed by atoms with E-state index >= 15 is 0 Å². The van der Waals surface area contributed by atoms with E-state index in [0.717, 1.165) is 6.21 Å². The zero-order valence-corrected chi connectivity index (χ0v) is 10.9.